The molecule has 4 rings (SSSR count). The van der Waals surface area contributed by atoms with Gasteiger partial charge in [-0.1, -0.05) is 18.2 Å². The molecular weight excluding hydrogens is 356 g/mol. The average Bonchev–Trinajstić information content (AvgIpc) is 3.23. The van der Waals surface area contributed by atoms with Crippen LogP contribution in [-0.2, 0) is 4.79 Å². The number of para-hydroxylation sites is 1. The number of hydroxylamine groups is 1. The van der Waals surface area contributed by atoms with Crippen molar-refractivity contribution < 1.29 is 14.8 Å². The van der Waals surface area contributed by atoms with E-state index in [0.29, 0.717) is 10.9 Å². The van der Waals surface area contributed by atoms with Crippen LogP contribution < -0.4 is 26.3 Å². The quantitative estimate of drug-likeness (QED) is 0.528. The second kappa shape index (κ2) is 7.18. The molecule has 0 saturated carbocycles. The molecule has 2 amide bonds. The first kappa shape index (κ1) is 18.3. The summed E-state index contributed by atoms with van der Waals surface area (Å²) < 4.78 is 0. The summed E-state index contributed by atoms with van der Waals surface area (Å²) in [5, 5.41) is 13.8. The average molecular weight is 378 g/mol. The van der Waals surface area contributed by atoms with Gasteiger partial charge in [0.2, 0.25) is 0 Å². The number of hydrogen-bond acceptors (Lipinski definition) is 5. The highest BCUT2D eigenvalue weighted by Crippen LogP contribution is 2.32. The zero-order chi connectivity index (χ0) is 19.7. The largest absolute Gasteiger partial charge is 0.350 e. The first-order valence-electron chi connectivity index (χ1n) is 9.28. The molecule has 1 saturated heterocycles. The van der Waals surface area contributed by atoms with E-state index in [4.69, 9.17) is 5.21 Å². The second-order valence-electron chi connectivity index (χ2n) is 7.27. The van der Waals surface area contributed by atoms with Crippen molar-refractivity contribution in [2.75, 3.05) is 18.0 Å². The maximum absolute atomic E-state index is 13.1. The molecule has 2 atom stereocenters. The van der Waals surface area contributed by atoms with Crippen molar-refractivity contribution in [3.63, 3.8) is 0 Å². The number of carbonyl (C=O) groups excluding carboxylic acids is 2. The van der Waals surface area contributed by atoms with Crippen molar-refractivity contribution in [3.05, 3.63) is 64.7 Å². The molecule has 1 fully saturated rings. The summed E-state index contributed by atoms with van der Waals surface area (Å²) in [6.45, 7) is 3.53. The molecule has 7 nitrogen and oxygen atoms in total. The normalized spacial score (nSPS) is 23.4. The van der Waals surface area contributed by atoms with Crippen molar-refractivity contribution in [2.45, 2.75) is 24.9 Å². The highest BCUT2D eigenvalue weighted by molar-refractivity contribution is 5.99. The molecule has 0 radical (unpaired) electrons. The number of hydrogen-bond donors (Lipinski definition) is 3. The van der Waals surface area contributed by atoms with E-state index in [0.717, 1.165) is 30.4 Å². The van der Waals surface area contributed by atoms with Gasteiger partial charge in [-0.25, -0.2) is 10.5 Å². The number of rotatable bonds is 4. The fourth-order valence-electron chi connectivity index (χ4n) is 4.03. The van der Waals surface area contributed by atoms with Crippen LogP contribution in [0.2, 0.25) is 0 Å². The Morgan fingerprint density at radius 2 is 2.00 bits per heavy atom. The first-order chi connectivity index (χ1) is 13.5. The number of nitrogens with one attached hydrogen (secondary N) is 2. The Morgan fingerprint density at radius 1 is 1.25 bits per heavy atom. The Morgan fingerprint density at radius 3 is 2.68 bits per heavy atom. The zero-order valence-electron chi connectivity index (χ0n) is 15.6. The van der Waals surface area contributed by atoms with Gasteiger partial charge in [0.15, 0.2) is 0 Å². The van der Waals surface area contributed by atoms with Gasteiger partial charge in [0, 0.05) is 23.8 Å². The van der Waals surface area contributed by atoms with E-state index in [1.807, 2.05) is 37.3 Å². The Labute approximate surface area is 162 Å². The molecule has 2 heterocycles. The lowest BCUT2D eigenvalue weighted by atomic mass is 9.91. The predicted molar refractivity (Wildman–Crippen MR) is 105 cm³/mol. The molecule has 0 aromatic heterocycles. The van der Waals surface area contributed by atoms with E-state index in [1.54, 1.807) is 29.7 Å². The Bertz CT molecular complexity index is 1030. The molecule has 28 heavy (non-hydrogen) atoms. The topological polar surface area (TPSA) is 94.0 Å². The summed E-state index contributed by atoms with van der Waals surface area (Å²) in [5.41, 5.74) is 1.86. The third-order valence-electron chi connectivity index (χ3n) is 5.44. The maximum atomic E-state index is 13.1. The van der Waals surface area contributed by atoms with Crippen LogP contribution in [0.5, 0.6) is 0 Å². The van der Waals surface area contributed by atoms with Crippen LogP contribution in [0.15, 0.2) is 53.5 Å². The van der Waals surface area contributed by atoms with Gasteiger partial charge in [-0.05, 0) is 61.5 Å². The number of carbonyl (C=O) groups is 2. The fraction of sp³-hybridized carbons (Fsp3) is 0.286. The smallest absolute Gasteiger partial charge is 0.275 e. The van der Waals surface area contributed by atoms with Crippen molar-refractivity contribution in [1.82, 2.24) is 10.8 Å². The summed E-state index contributed by atoms with van der Waals surface area (Å²) in [6, 6.07) is 14.6. The first-order valence-corrected chi connectivity index (χ1v) is 9.28. The van der Waals surface area contributed by atoms with Crippen LogP contribution in [0.4, 0.5) is 5.69 Å². The van der Waals surface area contributed by atoms with Crippen LogP contribution in [0.3, 0.4) is 0 Å². The van der Waals surface area contributed by atoms with Crippen molar-refractivity contribution in [3.8, 4) is 0 Å². The molecule has 3 N–H and O–H groups in total. The van der Waals surface area contributed by atoms with E-state index < -0.39 is 11.4 Å². The van der Waals surface area contributed by atoms with Gasteiger partial charge in [-0.15, -0.1) is 0 Å². The molecule has 2 aromatic carbocycles. The minimum Gasteiger partial charge on any atom is -0.350 e. The lowest BCUT2D eigenvalue weighted by Gasteiger charge is -2.43. The summed E-state index contributed by atoms with van der Waals surface area (Å²) in [7, 11) is 0. The van der Waals surface area contributed by atoms with Gasteiger partial charge in [-0.2, -0.15) is 0 Å². The SMILES string of the molecule is CC1(N(c2ccc(C(=O)NO)cc2)C2CCNC2)C=c2ccccc2=NC1=O. The summed E-state index contributed by atoms with van der Waals surface area (Å²) in [4.78, 5) is 31.2. The third-order valence-corrected chi connectivity index (χ3v) is 5.44. The van der Waals surface area contributed by atoms with E-state index in [1.165, 1.54) is 0 Å². The maximum Gasteiger partial charge on any atom is 0.275 e. The third kappa shape index (κ3) is 3.08. The lowest BCUT2D eigenvalue weighted by Crippen LogP contribution is -2.59. The molecule has 0 aliphatic carbocycles. The molecule has 0 bridgehead atoms. The van der Waals surface area contributed by atoms with Gasteiger partial charge < -0.3 is 10.2 Å². The molecular formula is C21H22N4O3. The van der Waals surface area contributed by atoms with Crippen molar-refractivity contribution in [1.29, 1.82) is 0 Å². The summed E-state index contributed by atoms with van der Waals surface area (Å²) in [6.07, 6.45) is 2.88. The summed E-state index contributed by atoms with van der Waals surface area (Å²) in [5.74, 6) is -0.786. The van der Waals surface area contributed by atoms with Crippen LogP contribution in [0.25, 0.3) is 6.08 Å². The minimum atomic E-state index is -0.939. The van der Waals surface area contributed by atoms with Crippen LogP contribution in [-0.4, -0.2) is 41.7 Å². The number of benzene rings is 2. The Balaban J connectivity index is 1.82. The second-order valence-corrected chi connectivity index (χ2v) is 7.27. The van der Waals surface area contributed by atoms with Crippen molar-refractivity contribution in [2.24, 2.45) is 4.99 Å². The van der Waals surface area contributed by atoms with E-state index in [9.17, 15) is 9.59 Å². The molecule has 2 aromatic rings. The van der Waals surface area contributed by atoms with Crippen LogP contribution in [0, 0.1) is 0 Å². The van der Waals surface area contributed by atoms with Gasteiger partial charge in [0.25, 0.3) is 11.8 Å². The number of anilines is 1. The highest BCUT2D eigenvalue weighted by Gasteiger charge is 2.43. The Kier molecular flexibility index (Phi) is 4.70. The molecule has 2 aliphatic heterocycles. The Hall–Kier alpha value is -3.03. The minimum absolute atomic E-state index is 0.114. The summed E-state index contributed by atoms with van der Waals surface area (Å²) >= 11 is 0. The highest BCUT2D eigenvalue weighted by atomic mass is 16.5. The van der Waals surface area contributed by atoms with E-state index in [-0.39, 0.29) is 11.9 Å². The molecule has 0 spiro atoms. The van der Waals surface area contributed by atoms with Gasteiger partial charge in [-0.3, -0.25) is 14.8 Å². The van der Waals surface area contributed by atoms with Gasteiger partial charge in [0.1, 0.15) is 5.54 Å². The molecule has 144 valence electrons. The monoisotopic (exact) mass is 378 g/mol. The number of fused-ring (bicyclic) bond motifs is 1. The molecule has 2 aliphatic rings. The molecule has 2 unspecified atom stereocenters. The van der Waals surface area contributed by atoms with Gasteiger partial charge >= 0.3 is 0 Å². The molecule has 7 heteroatoms. The number of nitrogens with zero attached hydrogens (tertiary/aromatic N) is 2. The van der Waals surface area contributed by atoms with E-state index in [2.05, 4.69) is 15.2 Å². The van der Waals surface area contributed by atoms with Crippen LogP contribution in [0.1, 0.15) is 23.7 Å². The fourth-order valence-corrected chi connectivity index (χ4v) is 4.03. The van der Waals surface area contributed by atoms with Crippen LogP contribution >= 0.6 is 0 Å². The standard InChI is InChI=1S/C21H22N4O3/c1-21(12-15-4-2-3-5-18(15)23-20(21)27)25(17-10-11-22-13-17)16-8-6-14(7-9-16)19(26)24-28/h2-9,12,17,22,28H,10-11,13H2,1H3,(H,24,26). The van der Waals surface area contributed by atoms with Crippen molar-refractivity contribution >= 4 is 23.6 Å². The number of amides is 2. The van der Waals surface area contributed by atoms with Gasteiger partial charge in [0.05, 0.1) is 5.36 Å². The zero-order valence-corrected chi connectivity index (χ0v) is 15.6. The predicted octanol–water partition coefficient (Wildman–Crippen LogP) is 0.373. The van der Waals surface area contributed by atoms with E-state index >= 15 is 0 Å². The lowest BCUT2D eigenvalue weighted by molar-refractivity contribution is -0.121.